The number of carboxylic acid groups (broad SMARTS) is 1. The van der Waals surface area contributed by atoms with Crippen molar-refractivity contribution in [2.75, 3.05) is 7.11 Å². The van der Waals surface area contributed by atoms with Crippen LogP contribution in [-0.2, 0) is 14.3 Å². The van der Waals surface area contributed by atoms with Crippen LogP contribution in [0, 0.1) is 6.92 Å². The van der Waals surface area contributed by atoms with E-state index in [2.05, 4.69) is 9.72 Å². The number of hydrogen-bond acceptors (Lipinski definition) is 4. The molecule has 35 heavy (non-hydrogen) atoms. The minimum atomic E-state index is -0.989. The molecular formula is C29H24N2O4. The molecule has 0 unspecified atom stereocenters. The lowest BCUT2D eigenvalue weighted by Gasteiger charge is -2.05. The van der Waals surface area contributed by atoms with Gasteiger partial charge in [-0.1, -0.05) is 72.8 Å². The third kappa shape index (κ3) is 5.62. The highest BCUT2D eigenvalue weighted by molar-refractivity contribution is 5.88. The predicted octanol–water partition coefficient (Wildman–Crippen LogP) is 6.00. The first-order chi connectivity index (χ1) is 16.9. The summed E-state index contributed by atoms with van der Waals surface area (Å²) in [5.41, 5.74) is 7.27. The third-order valence-corrected chi connectivity index (χ3v) is 5.52. The van der Waals surface area contributed by atoms with E-state index in [9.17, 15) is 9.59 Å². The van der Waals surface area contributed by atoms with Gasteiger partial charge < -0.3 is 14.8 Å². The van der Waals surface area contributed by atoms with E-state index in [4.69, 9.17) is 10.1 Å². The number of carboxylic acids is 1. The number of aryl methyl sites for hydroxylation is 1. The number of aromatic nitrogens is 2. The second-order valence-electron chi connectivity index (χ2n) is 7.90. The zero-order chi connectivity index (χ0) is 24.8. The Morgan fingerprint density at radius 1 is 0.857 bits per heavy atom. The Hall–Kier alpha value is -4.71. The van der Waals surface area contributed by atoms with Crippen LogP contribution in [0.15, 0.2) is 84.9 Å². The summed E-state index contributed by atoms with van der Waals surface area (Å²) in [7, 11) is 1.34. The second kappa shape index (κ2) is 10.5. The van der Waals surface area contributed by atoms with Crippen molar-refractivity contribution in [2.24, 2.45) is 0 Å². The van der Waals surface area contributed by atoms with Gasteiger partial charge in [-0.05, 0) is 35.8 Å². The molecule has 0 atom stereocenters. The fourth-order valence-electron chi connectivity index (χ4n) is 3.67. The van der Waals surface area contributed by atoms with E-state index < -0.39 is 11.9 Å². The molecule has 0 saturated heterocycles. The minimum absolute atomic E-state index is 0.408. The quantitative estimate of drug-likeness (QED) is 0.258. The van der Waals surface area contributed by atoms with E-state index in [-0.39, 0.29) is 0 Å². The Labute approximate surface area is 203 Å². The summed E-state index contributed by atoms with van der Waals surface area (Å²) in [5, 5.41) is 8.87. The van der Waals surface area contributed by atoms with Crippen LogP contribution >= 0.6 is 0 Å². The highest BCUT2D eigenvalue weighted by Gasteiger charge is 2.16. The van der Waals surface area contributed by atoms with Gasteiger partial charge in [-0.15, -0.1) is 0 Å². The number of aromatic amines is 1. The molecule has 4 rings (SSSR count). The summed E-state index contributed by atoms with van der Waals surface area (Å²) in [5.74, 6) is -0.636. The number of H-pyrrole nitrogens is 1. The topological polar surface area (TPSA) is 92.3 Å². The molecule has 1 aromatic heterocycles. The molecule has 0 spiro atoms. The lowest BCUT2D eigenvalue weighted by atomic mass is 10.0. The molecule has 1 heterocycles. The van der Waals surface area contributed by atoms with Crippen molar-refractivity contribution in [2.45, 2.75) is 6.92 Å². The first-order valence-electron chi connectivity index (χ1n) is 11.0. The van der Waals surface area contributed by atoms with Crippen LogP contribution in [0.3, 0.4) is 0 Å². The van der Waals surface area contributed by atoms with E-state index >= 15 is 0 Å². The minimum Gasteiger partial charge on any atom is -0.478 e. The zero-order valence-corrected chi connectivity index (χ0v) is 19.4. The number of carbonyl (C=O) groups is 2. The highest BCUT2D eigenvalue weighted by Crippen LogP contribution is 2.34. The van der Waals surface area contributed by atoms with Gasteiger partial charge in [-0.2, -0.15) is 0 Å². The monoisotopic (exact) mass is 464 g/mol. The maximum absolute atomic E-state index is 11.4. The van der Waals surface area contributed by atoms with Gasteiger partial charge in [-0.25, -0.2) is 14.6 Å². The molecule has 3 aromatic carbocycles. The van der Waals surface area contributed by atoms with Crippen molar-refractivity contribution < 1.29 is 19.4 Å². The van der Waals surface area contributed by atoms with Gasteiger partial charge in [0.05, 0.1) is 18.5 Å². The number of rotatable bonds is 7. The van der Waals surface area contributed by atoms with E-state index in [0.29, 0.717) is 0 Å². The van der Waals surface area contributed by atoms with E-state index in [1.807, 2.05) is 79.7 Å². The molecule has 0 aliphatic heterocycles. The number of imidazole rings is 1. The Balaban J connectivity index is 1.76. The molecule has 6 nitrogen and oxygen atoms in total. The Bertz CT molecular complexity index is 1410. The normalized spacial score (nSPS) is 11.3. The van der Waals surface area contributed by atoms with Crippen molar-refractivity contribution in [3.05, 3.63) is 102 Å². The molecule has 0 radical (unpaired) electrons. The van der Waals surface area contributed by atoms with Crippen LogP contribution in [0.4, 0.5) is 0 Å². The van der Waals surface area contributed by atoms with Crippen molar-refractivity contribution in [1.29, 1.82) is 0 Å². The third-order valence-electron chi connectivity index (χ3n) is 5.52. The largest absolute Gasteiger partial charge is 0.478 e. The number of hydrogen-bond donors (Lipinski definition) is 2. The van der Waals surface area contributed by atoms with E-state index in [1.54, 1.807) is 12.2 Å². The molecule has 0 amide bonds. The molecule has 0 aliphatic rings. The molecule has 174 valence electrons. The number of carbonyl (C=O) groups excluding carboxylic acids is 1. The highest BCUT2D eigenvalue weighted by atomic mass is 16.5. The number of nitrogens with one attached hydrogen (secondary N) is 1. The smallest absolute Gasteiger partial charge is 0.330 e. The molecule has 0 aliphatic carbocycles. The van der Waals surface area contributed by atoms with Crippen LogP contribution in [-0.4, -0.2) is 34.1 Å². The van der Waals surface area contributed by atoms with Crippen molar-refractivity contribution in [3.8, 4) is 33.9 Å². The fourth-order valence-corrected chi connectivity index (χ4v) is 3.67. The van der Waals surface area contributed by atoms with E-state index in [0.717, 1.165) is 56.7 Å². The predicted molar refractivity (Wildman–Crippen MR) is 137 cm³/mol. The molecule has 0 saturated carbocycles. The van der Waals surface area contributed by atoms with Crippen LogP contribution in [0.25, 0.3) is 46.1 Å². The summed E-state index contributed by atoms with van der Waals surface area (Å²) in [6.45, 7) is 2.04. The number of esters is 1. The van der Waals surface area contributed by atoms with Gasteiger partial charge in [0.25, 0.3) is 0 Å². The summed E-state index contributed by atoms with van der Waals surface area (Å²) in [6, 6.07) is 23.4. The molecule has 4 aromatic rings. The van der Waals surface area contributed by atoms with Gasteiger partial charge in [0, 0.05) is 28.8 Å². The van der Waals surface area contributed by atoms with Crippen molar-refractivity contribution in [3.63, 3.8) is 0 Å². The number of aliphatic carboxylic acids is 1. The molecule has 2 N–H and O–H groups in total. The fraction of sp³-hybridized carbons (Fsp3) is 0.0690. The van der Waals surface area contributed by atoms with Crippen LogP contribution < -0.4 is 0 Å². The standard InChI is InChI=1S/C29H24N2O4/c1-19-5-3-4-6-24(19)29-30-27(22-13-7-20(8-14-22)11-17-25(32)33)28(31-29)23-15-9-21(10-16-23)12-18-26(34)35-2/h3-18H,1-2H3,(H,30,31)(H,32,33). The number of benzene rings is 3. The van der Waals surface area contributed by atoms with Crippen LogP contribution in [0.2, 0.25) is 0 Å². The van der Waals surface area contributed by atoms with Crippen molar-refractivity contribution >= 4 is 24.1 Å². The average molecular weight is 465 g/mol. The van der Waals surface area contributed by atoms with Crippen LogP contribution in [0.5, 0.6) is 0 Å². The van der Waals surface area contributed by atoms with Gasteiger partial charge in [0.1, 0.15) is 5.82 Å². The summed E-state index contributed by atoms with van der Waals surface area (Å²) < 4.78 is 4.65. The first kappa shape index (κ1) is 23.4. The number of ether oxygens (including phenoxy) is 1. The Morgan fingerprint density at radius 2 is 1.46 bits per heavy atom. The van der Waals surface area contributed by atoms with Gasteiger partial charge in [0.15, 0.2) is 0 Å². The summed E-state index contributed by atoms with van der Waals surface area (Å²) in [6.07, 6.45) is 5.75. The van der Waals surface area contributed by atoms with Crippen LogP contribution in [0.1, 0.15) is 16.7 Å². The lowest BCUT2D eigenvalue weighted by Crippen LogP contribution is -1.93. The summed E-state index contributed by atoms with van der Waals surface area (Å²) in [4.78, 5) is 30.6. The second-order valence-corrected chi connectivity index (χ2v) is 7.90. The Morgan fingerprint density at radius 3 is 2.06 bits per heavy atom. The lowest BCUT2D eigenvalue weighted by molar-refractivity contribution is -0.135. The van der Waals surface area contributed by atoms with E-state index in [1.165, 1.54) is 13.2 Å². The molecule has 0 fully saturated rings. The number of nitrogens with zero attached hydrogens (tertiary/aromatic N) is 1. The average Bonchev–Trinajstić information content (AvgIpc) is 3.32. The zero-order valence-electron chi connectivity index (χ0n) is 19.4. The van der Waals surface area contributed by atoms with Gasteiger partial charge in [-0.3, -0.25) is 0 Å². The van der Waals surface area contributed by atoms with Gasteiger partial charge >= 0.3 is 11.9 Å². The SMILES string of the molecule is COC(=O)C=Cc1ccc(-c2[nH]c(-c3ccccc3C)nc2-c2ccc(C=CC(=O)O)cc2)cc1. The first-order valence-corrected chi connectivity index (χ1v) is 11.0. The number of methoxy groups -OCH3 is 1. The molecule has 6 heteroatoms. The van der Waals surface area contributed by atoms with Gasteiger partial charge in [0.2, 0.25) is 0 Å². The Kier molecular flexibility index (Phi) is 7.02. The molecular weight excluding hydrogens is 440 g/mol. The summed E-state index contributed by atoms with van der Waals surface area (Å²) >= 11 is 0. The maximum atomic E-state index is 11.4. The van der Waals surface area contributed by atoms with Crippen molar-refractivity contribution in [1.82, 2.24) is 9.97 Å². The molecule has 0 bridgehead atoms. The maximum Gasteiger partial charge on any atom is 0.330 e.